The highest BCUT2D eigenvalue weighted by Crippen LogP contribution is 2.32. The fraction of sp³-hybridized carbons (Fsp3) is 0.667. The number of rotatable bonds is 6. The molecule has 6 nitrogen and oxygen atoms in total. The van der Waals surface area contributed by atoms with Crippen LogP contribution in [0.3, 0.4) is 0 Å². The first kappa shape index (κ1) is 24.3. The molecule has 1 aromatic carbocycles. The Morgan fingerprint density at radius 2 is 1.77 bits per heavy atom. The molecule has 4 rings (SSSR count). The van der Waals surface area contributed by atoms with Crippen molar-refractivity contribution in [2.24, 2.45) is 4.99 Å². The number of nitrogens with zero attached hydrogens (tertiary/aromatic N) is 3. The molecule has 31 heavy (non-hydrogen) atoms. The predicted octanol–water partition coefficient (Wildman–Crippen LogP) is 3.50. The van der Waals surface area contributed by atoms with Gasteiger partial charge in [0.05, 0.1) is 0 Å². The normalized spacial score (nSPS) is 25.5. The lowest BCUT2D eigenvalue weighted by Gasteiger charge is -2.47. The molecule has 172 valence electrons. The van der Waals surface area contributed by atoms with Crippen molar-refractivity contribution in [3.63, 3.8) is 0 Å². The average molecular weight is 540 g/mol. The molecule has 3 aliphatic heterocycles. The summed E-state index contributed by atoms with van der Waals surface area (Å²) in [5.74, 6) is 1.15. The SMILES string of the molecule is CCNC(=NCCCC(=O)N1Cc2ccccc2C1)NC1CC2CCCC(C1)N2C.I. The van der Waals surface area contributed by atoms with E-state index < -0.39 is 0 Å². The van der Waals surface area contributed by atoms with Crippen LogP contribution in [0.25, 0.3) is 0 Å². The zero-order valence-corrected chi connectivity index (χ0v) is 21.3. The molecule has 0 spiro atoms. The number of nitrogens with one attached hydrogen (secondary N) is 2. The molecule has 1 amide bonds. The Morgan fingerprint density at radius 1 is 1.13 bits per heavy atom. The number of piperidine rings is 2. The van der Waals surface area contributed by atoms with Crippen molar-refractivity contribution in [3.8, 4) is 0 Å². The van der Waals surface area contributed by atoms with E-state index in [4.69, 9.17) is 4.99 Å². The van der Waals surface area contributed by atoms with Crippen molar-refractivity contribution in [2.75, 3.05) is 20.1 Å². The number of hydrogen-bond acceptors (Lipinski definition) is 3. The summed E-state index contributed by atoms with van der Waals surface area (Å²) in [6.45, 7) is 5.15. The van der Waals surface area contributed by atoms with Gasteiger partial charge in [-0.05, 0) is 57.2 Å². The summed E-state index contributed by atoms with van der Waals surface area (Å²) < 4.78 is 0. The van der Waals surface area contributed by atoms with Gasteiger partial charge < -0.3 is 20.4 Å². The third-order valence-electron chi connectivity index (χ3n) is 7.04. The van der Waals surface area contributed by atoms with Gasteiger partial charge in [0.25, 0.3) is 0 Å². The smallest absolute Gasteiger partial charge is 0.223 e. The van der Waals surface area contributed by atoms with E-state index in [1.165, 1.54) is 43.2 Å². The summed E-state index contributed by atoms with van der Waals surface area (Å²) >= 11 is 0. The Morgan fingerprint density at radius 3 is 2.39 bits per heavy atom. The number of halogens is 1. The maximum Gasteiger partial charge on any atom is 0.223 e. The van der Waals surface area contributed by atoms with Gasteiger partial charge >= 0.3 is 0 Å². The van der Waals surface area contributed by atoms with Crippen LogP contribution in [0.1, 0.15) is 63.0 Å². The second-order valence-electron chi connectivity index (χ2n) is 9.10. The highest BCUT2D eigenvalue weighted by atomic mass is 127. The van der Waals surface area contributed by atoms with Gasteiger partial charge in [0, 0.05) is 50.7 Å². The third kappa shape index (κ3) is 6.12. The van der Waals surface area contributed by atoms with Crippen LogP contribution in [0.4, 0.5) is 0 Å². The molecule has 0 saturated carbocycles. The first-order valence-corrected chi connectivity index (χ1v) is 11.8. The van der Waals surface area contributed by atoms with Crippen LogP contribution in [0.15, 0.2) is 29.3 Å². The van der Waals surface area contributed by atoms with Gasteiger partial charge in [-0.2, -0.15) is 0 Å². The standard InChI is InChI=1S/C24H37N5O.HI/c1-3-25-24(27-20-14-21-10-6-11-22(15-20)28(21)2)26-13-7-12-23(30)29-16-18-8-4-5-9-19(18)17-29;/h4-5,8-9,20-22H,3,6-7,10-17H2,1-2H3,(H2,25,26,27);1H. The highest BCUT2D eigenvalue weighted by Gasteiger charge is 2.36. The van der Waals surface area contributed by atoms with Crippen LogP contribution in [0.5, 0.6) is 0 Å². The van der Waals surface area contributed by atoms with E-state index >= 15 is 0 Å². The maximum atomic E-state index is 12.6. The fourth-order valence-corrected chi connectivity index (χ4v) is 5.34. The Bertz CT molecular complexity index is 731. The Labute approximate surface area is 204 Å². The minimum atomic E-state index is 0. The van der Waals surface area contributed by atoms with Crippen LogP contribution in [0.2, 0.25) is 0 Å². The summed E-state index contributed by atoms with van der Waals surface area (Å²) in [6.07, 6.45) is 7.77. The Hall–Kier alpha value is -1.35. The molecule has 7 heteroatoms. The lowest BCUT2D eigenvalue weighted by Crippen LogP contribution is -2.56. The third-order valence-corrected chi connectivity index (χ3v) is 7.04. The summed E-state index contributed by atoms with van der Waals surface area (Å²) in [5, 5.41) is 7.07. The van der Waals surface area contributed by atoms with E-state index in [2.05, 4.69) is 41.6 Å². The lowest BCUT2D eigenvalue weighted by atomic mass is 9.82. The zero-order chi connectivity index (χ0) is 20.9. The number of carbonyl (C=O) groups excluding carboxylic acids is 1. The van der Waals surface area contributed by atoms with Crippen LogP contribution in [-0.4, -0.2) is 59.9 Å². The summed E-state index contributed by atoms with van der Waals surface area (Å²) in [4.78, 5) is 21.9. The van der Waals surface area contributed by atoms with E-state index in [0.717, 1.165) is 32.0 Å². The molecule has 3 aliphatic rings. The first-order valence-electron chi connectivity index (χ1n) is 11.8. The first-order chi connectivity index (χ1) is 14.6. The molecule has 0 aromatic heterocycles. The molecule has 2 N–H and O–H groups in total. The average Bonchev–Trinajstić information content (AvgIpc) is 3.16. The topological polar surface area (TPSA) is 60.0 Å². The van der Waals surface area contributed by atoms with Gasteiger partial charge in [-0.3, -0.25) is 9.79 Å². The monoisotopic (exact) mass is 539 g/mol. The number of guanidine groups is 1. The van der Waals surface area contributed by atoms with Gasteiger partial charge in [0.1, 0.15) is 0 Å². The molecule has 2 unspecified atom stereocenters. The number of amides is 1. The molecule has 2 atom stereocenters. The van der Waals surface area contributed by atoms with Gasteiger partial charge in [-0.25, -0.2) is 0 Å². The Balaban J connectivity index is 0.00000272. The van der Waals surface area contributed by atoms with E-state index in [9.17, 15) is 4.79 Å². The van der Waals surface area contributed by atoms with Gasteiger partial charge in [-0.15, -0.1) is 24.0 Å². The second-order valence-corrected chi connectivity index (χ2v) is 9.10. The molecule has 0 radical (unpaired) electrons. The van der Waals surface area contributed by atoms with Gasteiger partial charge in [0.15, 0.2) is 5.96 Å². The minimum Gasteiger partial charge on any atom is -0.357 e. The predicted molar refractivity (Wildman–Crippen MR) is 137 cm³/mol. The number of carbonyl (C=O) groups is 1. The molecule has 2 bridgehead atoms. The highest BCUT2D eigenvalue weighted by molar-refractivity contribution is 14.0. The number of hydrogen-bond donors (Lipinski definition) is 2. The number of aliphatic imine (C=N–C) groups is 1. The maximum absolute atomic E-state index is 12.6. The summed E-state index contributed by atoms with van der Waals surface area (Å²) in [6, 6.07) is 10.3. The van der Waals surface area contributed by atoms with Crippen molar-refractivity contribution < 1.29 is 4.79 Å². The largest absolute Gasteiger partial charge is 0.357 e. The van der Waals surface area contributed by atoms with E-state index in [1.807, 2.05) is 17.0 Å². The van der Waals surface area contributed by atoms with Crippen molar-refractivity contribution in [1.82, 2.24) is 20.4 Å². The molecular formula is C24H38IN5O. The lowest BCUT2D eigenvalue weighted by molar-refractivity contribution is -0.131. The van der Waals surface area contributed by atoms with Crippen molar-refractivity contribution in [2.45, 2.75) is 83.1 Å². The van der Waals surface area contributed by atoms with E-state index in [1.54, 1.807) is 0 Å². The quantitative estimate of drug-likeness (QED) is 0.252. The van der Waals surface area contributed by atoms with E-state index in [-0.39, 0.29) is 29.9 Å². The van der Waals surface area contributed by atoms with Crippen LogP contribution >= 0.6 is 24.0 Å². The molecule has 1 aromatic rings. The summed E-state index contributed by atoms with van der Waals surface area (Å²) in [5.41, 5.74) is 2.57. The second kappa shape index (κ2) is 11.5. The molecule has 3 heterocycles. The van der Waals surface area contributed by atoms with Crippen LogP contribution < -0.4 is 10.6 Å². The molecule has 2 saturated heterocycles. The number of benzene rings is 1. The van der Waals surface area contributed by atoms with Crippen LogP contribution in [-0.2, 0) is 17.9 Å². The van der Waals surface area contributed by atoms with Crippen molar-refractivity contribution >= 4 is 35.8 Å². The minimum absolute atomic E-state index is 0. The van der Waals surface area contributed by atoms with Gasteiger partial charge in [0.2, 0.25) is 5.91 Å². The van der Waals surface area contributed by atoms with Crippen molar-refractivity contribution in [3.05, 3.63) is 35.4 Å². The number of fused-ring (bicyclic) bond motifs is 3. The molecule has 0 aliphatic carbocycles. The fourth-order valence-electron chi connectivity index (χ4n) is 5.34. The van der Waals surface area contributed by atoms with Gasteiger partial charge in [-0.1, -0.05) is 30.7 Å². The molecule has 2 fully saturated rings. The Kier molecular flexibility index (Phi) is 9.01. The van der Waals surface area contributed by atoms with E-state index in [0.29, 0.717) is 31.1 Å². The summed E-state index contributed by atoms with van der Waals surface area (Å²) in [7, 11) is 2.29. The van der Waals surface area contributed by atoms with Crippen LogP contribution in [0, 0.1) is 0 Å². The zero-order valence-electron chi connectivity index (χ0n) is 19.0. The van der Waals surface area contributed by atoms with Crippen molar-refractivity contribution in [1.29, 1.82) is 0 Å². The molecular weight excluding hydrogens is 501 g/mol.